The SMILES string of the molecule is Cc1ccc(S(=O)(=O)N(CC(=O)Nc2ccc(Br)cc2F)c2ccc(Cl)c(Cl)c2)cc1. The zero-order chi connectivity index (χ0) is 22.8. The van der Waals surface area contributed by atoms with Gasteiger partial charge in [0.05, 0.1) is 26.3 Å². The fraction of sp³-hybridized carbons (Fsp3) is 0.0952. The molecule has 0 spiro atoms. The number of nitrogens with zero attached hydrogens (tertiary/aromatic N) is 1. The highest BCUT2D eigenvalue weighted by Gasteiger charge is 2.28. The van der Waals surface area contributed by atoms with Gasteiger partial charge in [0.1, 0.15) is 12.4 Å². The number of amides is 1. The molecule has 0 radical (unpaired) electrons. The fourth-order valence-electron chi connectivity index (χ4n) is 2.70. The molecular weight excluding hydrogens is 530 g/mol. The maximum atomic E-state index is 14.1. The number of nitrogens with one attached hydrogen (secondary N) is 1. The monoisotopic (exact) mass is 544 g/mol. The van der Waals surface area contributed by atoms with Crippen LogP contribution >= 0.6 is 39.1 Å². The zero-order valence-corrected chi connectivity index (χ0v) is 20.0. The van der Waals surface area contributed by atoms with E-state index >= 15 is 0 Å². The molecule has 3 aromatic rings. The van der Waals surface area contributed by atoms with Gasteiger partial charge in [-0.25, -0.2) is 12.8 Å². The van der Waals surface area contributed by atoms with Crippen molar-refractivity contribution >= 4 is 66.4 Å². The van der Waals surface area contributed by atoms with Gasteiger partial charge in [-0.3, -0.25) is 9.10 Å². The van der Waals surface area contributed by atoms with E-state index in [-0.39, 0.29) is 26.3 Å². The van der Waals surface area contributed by atoms with Gasteiger partial charge in [0.2, 0.25) is 5.91 Å². The van der Waals surface area contributed by atoms with Crippen LogP contribution in [0.15, 0.2) is 70.0 Å². The Bertz CT molecular complexity index is 1240. The summed E-state index contributed by atoms with van der Waals surface area (Å²) in [5.74, 6) is -1.40. The Morgan fingerprint density at radius 3 is 2.32 bits per heavy atom. The lowest BCUT2D eigenvalue weighted by atomic mass is 10.2. The van der Waals surface area contributed by atoms with Crippen molar-refractivity contribution in [3.05, 3.63) is 86.6 Å². The van der Waals surface area contributed by atoms with Crippen molar-refractivity contribution in [2.24, 2.45) is 0 Å². The Kier molecular flexibility index (Phi) is 7.26. The first-order valence-corrected chi connectivity index (χ1v) is 11.9. The molecule has 1 N–H and O–H groups in total. The summed E-state index contributed by atoms with van der Waals surface area (Å²) < 4.78 is 42.2. The highest BCUT2D eigenvalue weighted by Crippen LogP contribution is 2.31. The molecule has 1 amide bonds. The van der Waals surface area contributed by atoms with Crippen molar-refractivity contribution in [3.8, 4) is 0 Å². The summed E-state index contributed by atoms with van der Waals surface area (Å²) in [5.41, 5.74) is 0.944. The lowest BCUT2D eigenvalue weighted by Gasteiger charge is -2.24. The Morgan fingerprint density at radius 2 is 1.71 bits per heavy atom. The molecule has 0 bridgehead atoms. The van der Waals surface area contributed by atoms with Crippen LogP contribution in [0, 0.1) is 12.7 Å². The molecule has 3 rings (SSSR count). The second-order valence-corrected chi connectivity index (χ2v) is 10.2. The summed E-state index contributed by atoms with van der Waals surface area (Å²) in [7, 11) is -4.14. The molecule has 0 saturated carbocycles. The van der Waals surface area contributed by atoms with Gasteiger partial charge in [0.25, 0.3) is 10.0 Å². The molecule has 0 aliphatic rings. The number of halogens is 4. The highest BCUT2D eigenvalue weighted by atomic mass is 79.9. The van der Waals surface area contributed by atoms with Crippen LogP contribution in [0.5, 0.6) is 0 Å². The third kappa shape index (κ3) is 5.57. The Hall–Kier alpha value is -2.13. The van der Waals surface area contributed by atoms with Gasteiger partial charge in [0, 0.05) is 4.47 Å². The van der Waals surface area contributed by atoms with Crippen LogP contribution < -0.4 is 9.62 Å². The number of carbonyl (C=O) groups excluding carboxylic acids is 1. The topological polar surface area (TPSA) is 66.5 Å². The van der Waals surface area contributed by atoms with E-state index in [0.29, 0.717) is 4.47 Å². The standard InChI is InChI=1S/C21H16BrCl2FN2O3S/c1-13-2-6-16(7-3-13)31(29,30)27(15-5-8-17(23)18(24)11-15)12-21(28)26-20-9-4-14(22)10-19(20)25/h2-11H,12H2,1H3,(H,26,28). The van der Waals surface area contributed by atoms with E-state index in [1.807, 2.05) is 6.92 Å². The maximum Gasteiger partial charge on any atom is 0.264 e. The van der Waals surface area contributed by atoms with Crippen molar-refractivity contribution in [2.45, 2.75) is 11.8 Å². The third-order valence-corrected chi connectivity index (χ3v) is 7.31. The third-order valence-electron chi connectivity index (χ3n) is 4.29. The first-order valence-electron chi connectivity index (χ1n) is 8.87. The minimum Gasteiger partial charge on any atom is -0.322 e. The average Bonchev–Trinajstić information content (AvgIpc) is 2.71. The number of hydrogen-bond donors (Lipinski definition) is 1. The first kappa shape index (κ1) is 23.5. The average molecular weight is 546 g/mol. The highest BCUT2D eigenvalue weighted by molar-refractivity contribution is 9.10. The van der Waals surface area contributed by atoms with Crippen LogP contribution in [0.4, 0.5) is 15.8 Å². The van der Waals surface area contributed by atoms with Crippen molar-refractivity contribution in [1.29, 1.82) is 0 Å². The summed E-state index contributed by atoms with van der Waals surface area (Å²) in [6.07, 6.45) is 0. The van der Waals surface area contributed by atoms with Gasteiger partial charge in [0.15, 0.2) is 0 Å². The fourth-order valence-corrected chi connectivity index (χ4v) is 4.74. The van der Waals surface area contributed by atoms with E-state index < -0.39 is 28.3 Å². The van der Waals surface area contributed by atoms with E-state index in [2.05, 4.69) is 21.2 Å². The smallest absolute Gasteiger partial charge is 0.264 e. The van der Waals surface area contributed by atoms with Gasteiger partial charge in [-0.1, -0.05) is 56.8 Å². The molecule has 0 aliphatic carbocycles. The minimum absolute atomic E-state index is 0.00760. The molecule has 0 atom stereocenters. The Labute approximate surface area is 198 Å². The van der Waals surface area contributed by atoms with Crippen LogP contribution in [0.25, 0.3) is 0 Å². The normalized spacial score (nSPS) is 11.3. The van der Waals surface area contributed by atoms with Crippen molar-refractivity contribution < 1.29 is 17.6 Å². The summed E-state index contributed by atoms with van der Waals surface area (Å²) in [6.45, 7) is 1.22. The van der Waals surface area contributed by atoms with Gasteiger partial charge in [-0.15, -0.1) is 0 Å². The second kappa shape index (κ2) is 9.56. The van der Waals surface area contributed by atoms with Crippen LogP contribution in [0.2, 0.25) is 10.0 Å². The molecule has 0 unspecified atom stereocenters. The van der Waals surface area contributed by atoms with Gasteiger partial charge in [-0.2, -0.15) is 0 Å². The summed E-state index contributed by atoms with van der Waals surface area (Å²) in [6, 6.07) is 14.5. The quantitative estimate of drug-likeness (QED) is 0.411. The Morgan fingerprint density at radius 1 is 1.03 bits per heavy atom. The van der Waals surface area contributed by atoms with E-state index in [4.69, 9.17) is 23.2 Å². The van der Waals surface area contributed by atoms with Crippen LogP contribution in [0.3, 0.4) is 0 Å². The molecule has 0 saturated heterocycles. The molecule has 0 fully saturated rings. The van der Waals surface area contributed by atoms with Crippen LogP contribution in [-0.4, -0.2) is 20.9 Å². The molecule has 3 aromatic carbocycles. The summed E-state index contributed by atoms with van der Waals surface area (Å²) >= 11 is 15.2. The largest absolute Gasteiger partial charge is 0.322 e. The van der Waals surface area contributed by atoms with Crippen molar-refractivity contribution in [2.75, 3.05) is 16.2 Å². The predicted octanol–water partition coefficient (Wildman–Crippen LogP) is 6.04. The molecular formula is C21H16BrCl2FN2O3S. The van der Waals surface area contributed by atoms with E-state index in [9.17, 15) is 17.6 Å². The van der Waals surface area contributed by atoms with Gasteiger partial charge < -0.3 is 5.32 Å². The second-order valence-electron chi connectivity index (χ2n) is 6.60. The first-order chi connectivity index (χ1) is 14.6. The molecule has 162 valence electrons. The molecule has 5 nitrogen and oxygen atoms in total. The lowest BCUT2D eigenvalue weighted by Crippen LogP contribution is -2.38. The minimum atomic E-state index is -4.14. The molecule has 0 heterocycles. The van der Waals surface area contributed by atoms with E-state index in [1.165, 1.54) is 42.5 Å². The zero-order valence-electron chi connectivity index (χ0n) is 16.1. The number of rotatable bonds is 6. The van der Waals surface area contributed by atoms with Crippen LogP contribution in [0.1, 0.15) is 5.56 Å². The number of sulfonamides is 1. The number of anilines is 2. The molecule has 10 heteroatoms. The number of hydrogen-bond acceptors (Lipinski definition) is 3. The van der Waals surface area contributed by atoms with Crippen molar-refractivity contribution in [3.63, 3.8) is 0 Å². The summed E-state index contributed by atoms with van der Waals surface area (Å²) in [4.78, 5) is 12.7. The van der Waals surface area contributed by atoms with Crippen molar-refractivity contribution in [1.82, 2.24) is 0 Å². The predicted molar refractivity (Wildman–Crippen MR) is 125 cm³/mol. The molecule has 31 heavy (non-hydrogen) atoms. The van der Waals surface area contributed by atoms with E-state index in [1.54, 1.807) is 18.2 Å². The Balaban J connectivity index is 1.98. The summed E-state index contributed by atoms with van der Waals surface area (Å²) in [5, 5.41) is 2.76. The maximum absolute atomic E-state index is 14.1. The van der Waals surface area contributed by atoms with Gasteiger partial charge in [-0.05, 0) is 55.5 Å². The van der Waals surface area contributed by atoms with Crippen LogP contribution in [-0.2, 0) is 14.8 Å². The molecule has 0 aromatic heterocycles. The molecule has 0 aliphatic heterocycles. The lowest BCUT2D eigenvalue weighted by molar-refractivity contribution is -0.114. The van der Waals surface area contributed by atoms with E-state index in [0.717, 1.165) is 9.87 Å². The van der Waals surface area contributed by atoms with Gasteiger partial charge >= 0.3 is 0 Å². The number of aryl methyl sites for hydroxylation is 1. The number of carbonyl (C=O) groups is 1. The number of benzene rings is 3.